The second-order valence-electron chi connectivity index (χ2n) is 6.07. The summed E-state index contributed by atoms with van der Waals surface area (Å²) in [5.74, 6) is -0.433. The van der Waals surface area contributed by atoms with Crippen LogP contribution in [0.2, 0.25) is 0 Å². The average molecular weight is 277 g/mol. The fourth-order valence-corrected chi connectivity index (χ4v) is 2.55. The van der Waals surface area contributed by atoms with Crippen molar-refractivity contribution >= 4 is 0 Å². The molecule has 2 unspecified atom stereocenters. The molecule has 112 valence electrons. The summed E-state index contributed by atoms with van der Waals surface area (Å²) < 4.78 is 11.4. The van der Waals surface area contributed by atoms with E-state index in [1.165, 1.54) is 17.5 Å². The predicted molar refractivity (Wildman–Crippen MR) is 81.8 cm³/mol. The topological polar surface area (TPSA) is 30.5 Å². The van der Waals surface area contributed by atoms with E-state index in [1.807, 2.05) is 13.8 Å². The van der Waals surface area contributed by atoms with Gasteiger partial charge in [0.2, 0.25) is 0 Å². The molecule has 0 saturated carbocycles. The van der Waals surface area contributed by atoms with Crippen LogP contribution in [0.25, 0.3) is 0 Å². The van der Waals surface area contributed by atoms with Crippen molar-refractivity contribution in [1.29, 1.82) is 0 Å². The SMILES string of the molecule is CCCc1ccc(C(C)NCC2COC(C)(C)O2)cc1. The Kier molecular flexibility index (Phi) is 5.19. The number of hydrogen-bond acceptors (Lipinski definition) is 3. The molecule has 1 saturated heterocycles. The minimum Gasteiger partial charge on any atom is -0.348 e. The Labute approximate surface area is 122 Å². The molecule has 0 spiro atoms. The number of hydrogen-bond donors (Lipinski definition) is 1. The maximum absolute atomic E-state index is 5.80. The van der Waals surface area contributed by atoms with Crippen molar-refractivity contribution in [2.75, 3.05) is 13.2 Å². The summed E-state index contributed by atoms with van der Waals surface area (Å²) in [4.78, 5) is 0. The third-order valence-electron chi connectivity index (χ3n) is 3.74. The molecule has 0 aromatic heterocycles. The molecule has 0 aliphatic carbocycles. The van der Waals surface area contributed by atoms with Gasteiger partial charge in [-0.2, -0.15) is 0 Å². The van der Waals surface area contributed by atoms with Crippen molar-refractivity contribution in [3.63, 3.8) is 0 Å². The van der Waals surface area contributed by atoms with Crippen molar-refractivity contribution in [3.8, 4) is 0 Å². The van der Waals surface area contributed by atoms with E-state index in [4.69, 9.17) is 9.47 Å². The van der Waals surface area contributed by atoms with E-state index in [0.717, 1.165) is 13.0 Å². The molecule has 1 aromatic rings. The molecule has 1 N–H and O–H groups in total. The van der Waals surface area contributed by atoms with Gasteiger partial charge < -0.3 is 14.8 Å². The van der Waals surface area contributed by atoms with Gasteiger partial charge in [0.15, 0.2) is 5.79 Å². The molecule has 1 fully saturated rings. The number of ether oxygens (including phenoxy) is 2. The molecule has 1 aliphatic heterocycles. The van der Waals surface area contributed by atoms with Crippen LogP contribution < -0.4 is 5.32 Å². The lowest BCUT2D eigenvalue weighted by Gasteiger charge is -2.19. The van der Waals surface area contributed by atoms with Crippen molar-refractivity contribution in [3.05, 3.63) is 35.4 Å². The van der Waals surface area contributed by atoms with Crippen LogP contribution in [0.3, 0.4) is 0 Å². The number of benzene rings is 1. The lowest BCUT2D eigenvalue weighted by molar-refractivity contribution is -0.137. The summed E-state index contributed by atoms with van der Waals surface area (Å²) in [6.45, 7) is 9.81. The van der Waals surface area contributed by atoms with Gasteiger partial charge in [0.1, 0.15) is 0 Å². The molecule has 2 rings (SSSR count). The molecule has 1 heterocycles. The molecule has 3 nitrogen and oxygen atoms in total. The first-order valence-corrected chi connectivity index (χ1v) is 7.64. The van der Waals surface area contributed by atoms with Crippen LogP contribution in [-0.4, -0.2) is 25.0 Å². The minimum atomic E-state index is -0.433. The van der Waals surface area contributed by atoms with E-state index in [0.29, 0.717) is 12.6 Å². The van der Waals surface area contributed by atoms with Crippen LogP contribution in [0.4, 0.5) is 0 Å². The molecule has 1 aromatic carbocycles. The van der Waals surface area contributed by atoms with E-state index in [1.54, 1.807) is 0 Å². The summed E-state index contributed by atoms with van der Waals surface area (Å²) >= 11 is 0. The summed E-state index contributed by atoms with van der Waals surface area (Å²) in [5, 5.41) is 3.53. The van der Waals surface area contributed by atoms with Gasteiger partial charge in [-0.25, -0.2) is 0 Å². The molecule has 0 bridgehead atoms. The third-order valence-corrected chi connectivity index (χ3v) is 3.74. The zero-order chi connectivity index (χ0) is 14.6. The molecular formula is C17H27NO2. The Balaban J connectivity index is 1.81. The van der Waals surface area contributed by atoms with Gasteiger partial charge in [0.25, 0.3) is 0 Å². The van der Waals surface area contributed by atoms with Gasteiger partial charge in [0, 0.05) is 12.6 Å². The zero-order valence-corrected chi connectivity index (χ0v) is 13.1. The summed E-state index contributed by atoms with van der Waals surface area (Å²) in [5.41, 5.74) is 2.74. The molecule has 1 aliphatic rings. The van der Waals surface area contributed by atoms with Crippen LogP contribution >= 0.6 is 0 Å². The van der Waals surface area contributed by atoms with E-state index in [-0.39, 0.29) is 6.10 Å². The first-order chi connectivity index (χ1) is 9.50. The Morgan fingerprint density at radius 1 is 1.30 bits per heavy atom. The fourth-order valence-electron chi connectivity index (χ4n) is 2.55. The Bertz CT molecular complexity index is 414. The van der Waals surface area contributed by atoms with Gasteiger partial charge in [-0.05, 0) is 38.3 Å². The number of aryl methyl sites for hydroxylation is 1. The Morgan fingerprint density at radius 3 is 2.55 bits per heavy atom. The van der Waals surface area contributed by atoms with E-state index < -0.39 is 5.79 Å². The lowest BCUT2D eigenvalue weighted by atomic mass is 10.0. The van der Waals surface area contributed by atoms with Gasteiger partial charge in [-0.3, -0.25) is 0 Å². The largest absolute Gasteiger partial charge is 0.348 e. The standard InChI is InChI=1S/C17H27NO2/c1-5-6-14-7-9-15(10-8-14)13(2)18-11-16-12-19-17(3,4)20-16/h7-10,13,16,18H,5-6,11-12H2,1-4H3. The highest BCUT2D eigenvalue weighted by Gasteiger charge is 2.32. The third kappa shape index (κ3) is 4.30. The monoisotopic (exact) mass is 277 g/mol. The van der Waals surface area contributed by atoms with Gasteiger partial charge in [-0.15, -0.1) is 0 Å². The van der Waals surface area contributed by atoms with E-state index >= 15 is 0 Å². The molecule has 2 atom stereocenters. The fraction of sp³-hybridized carbons (Fsp3) is 0.647. The second kappa shape index (κ2) is 6.70. The van der Waals surface area contributed by atoms with E-state index in [9.17, 15) is 0 Å². The number of rotatable bonds is 6. The average Bonchev–Trinajstić information content (AvgIpc) is 2.77. The smallest absolute Gasteiger partial charge is 0.163 e. The first-order valence-electron chi connectivity index (χ1n) is 7.64. The highest BCUT2D eigenvalue weighted by atomic mass is 16.7. The molecule has 0 radical (unpaired) electrons. The maximum atomic E-state index is 5.80. The summed E-state index contributed by atoms with van der Waals surface area (Å²) in [6, 6.07) is 9.24. The highest BCUT2D eigenvalue weighted by Crippen LogP contribution is 2.22. The highest BCUT2D eigenvalue weighted by molar-refractivity contribution is 5.24. The minimum absolute atomic E-state index is 0.145. The van der Waals surface area contributed by atoms with Crippen LogP contribution in [0.5, 0.6) is 0 Å². The first kappa shape index (κ1) is 15.5. The van der Waals surface area contributed by atoms with E-state index in [2.05, 4.69) is 43.4 Å². The Morgan fingerprint density at radius 2 is 2.00 bits per heavy atom. The summed E-state index contributed by atoms with van der Waals surface area (Å²) in [7, 11) is 0. The molecule has 20 heavy (non-hydrogen) atoms. The van der Waals surface area contributed by atoms with Crippen LogP contribution in [0, 0.1) is 0 Å². The maximum Gasteiger partial charge on any atom is 0.163 e. The normalized spacial score (nSPS) is 22.9. The van der Waals surface area contributed by atoms with Crippen molar-refractivity contribution < 1.29 is 9.47 Å². The molecule has 3 heteroatoms. The van der Waals surface area contributed by atoms with Crippen molar-refractivity contribution in [2.24, 2.45) is 0 Å². The quantitative estimate of drug-likeness (QED) is 0.864. The Hall–Kier alpha value is -0.900. The second-order valence-corrected chi connectivity index (χ2v) is 6.07. The molecule has 0 amide bonds. The predicted octanol–water partition coefficient (Wildman–Crippen LogP) is 3.44. The van der Waals surface area contributed by atoms with Crippen LogP contribution in [-0.2, 0) is 15.9 Å². The van der Waals surface area contributed by atoms with Crippen molar-refractivity contribution in [2.45, 2.75) is 58.5 Å². The van der Waals surface area contributed by atoms with Crippen molar-refractivity contribution in [1.82, 2.24) is 5.32 Å². The number of nitrogens with one attached hydrogen (secondary N) is 1. The van der Waals surface area contributed by atoms with Gasteiger partial charge in [0.05, 0.1) is 12.7 Å². The lowest BCUT2D eigenvalue weighted by Crippen LogP contribution is -2.32. The van der Waals surface area contributed by atoms with Gasteiger partial charge in [-0.1, -0.05) is 37.6 Å². The summed E-state index contributed by atoms with van der Waals surface area (Å²) in [6.07, 6.45) is 2.50. The van der Waals surface area contributed by atoms with Gasteiger partial charge >= 0.3 is 0 Å². The zero-order valence-electron chi connectivity index (χ0n) is 13.1. The molecular weight excluding hydrogens is 250 g/mol. The van der Waals surface area contributed by atoms with Crippen LogP contribution in [0.15, 0.2) is 24.3 Å². The van der Waals surface area contributed by atoms with Crippen LogP contribution in [0.1, 0.15) is 51.3 Å².